The number of amides is 1. The van der Waals surface area contributed by atoms with Gasteiger partial charge < -0.3 is 9.64 Å². The van der Waals surface area contributed by atoms with Crippen molar-refractivity contribution < 1.29 is 128 Å². The van der Waals surface area contributed by atoms with Crippen LogP contribution in [0, 0.1) is 0 Å². The summed E-state index contributed by atoms with van der Waals surface area (Å²) >= 11 is 0. The van der Waals surface area contributed by atoms with Crippen LogP contribution < -0.4 is 4.90 Å². The lowest BCUT2D eigenvalue weighted by Gasteiger charge is -2.41. The van der Waals surface area contributed by atoms with Gasteiger partial charge in [0.2, 0.25) is 0 Å². The summed E-state index contributed by atoms with van der Waals surface area (Å²) in [6.07, 6.45) is -21.3. The number of benzene rings is 1. The van der Waals surface area contributed by atoms with Gasteiger partial charge in [0.15, 0.2) is 5.71 Å². The second-order valence-corrected chi connectivity index (χ2v) is 13.2. The van der Waals surface area contributed by atoms with E-state index >= 15 is 0 Å². The third-order valence-electron chi connectivity index (χ3n) is 8.80. The van der Waals surface area contributed by atoms with Gasteiger partial charge in [-0.2, -0.15) is 119 Å². The molecule has 0 atom stereocenters. The zero-order chi connectivity index (χ0) is 50.5. The van der Waals surface area contributed by atoms with Crippen LogP contribution >= 0.6 is 0 Å². The van der Waals surface area contributed by atoms with Crippen molar-refractivity contribution in [1.29, 1.82) is 0 Å². The molecule has 0 unspecified atom stereocenters. The average Bonchev–Trinajstić information content (AvgIpc) is 3.44. The Morgan fingerprint density at radius 1 is 0.578 bits per heavy atom. The number of nitrogens with zero attached hydrogens (tertiary/aromatic N) is 3. The van der Waals surface area contributed by atoms with Crippen molar-refractivity contribution in [1.82, 2.24) is 5.01 Å². The first kappa shape index (κ1) is 55.7. The summed E-state index contributed by atoms with van der Waals surface area (Å²) < 4.78 is 360. The highest BCUT2D eigenvalue weighted by Crippen LogP contribution is 2.62. The summed E-state index contributed by atoms with van der Waals surface area (Å²) in [6.45, 7) is -2.58. The van der Waals surface area contributed by atoms with Gasteiger partial charge in [0.1, 0.15) is 0 Å². The number of carbonyl (C=O) groups is 2. The van der Waals surface area contributed by atoms with Crippen LogP contribution in [0.1, 0.15) is 38.7 Å². The Kier molecular flexibility index (Phi) is 15.1. The first-order valence-electron chi connectivity index (χ1n) is 16.9. The number of anilines is 1. The zero-order valence-corrected chi connectivity index (χ0v) is 31.2. The lowest BCUT2D eigenvalue weighted by atomic mass is 9.92. The van der Waals surface area contributed by atoms with E-state index in [9.17, 15) is 124 Å². The number of carbonyl (C=O) groups excluding carboxylic acids is 2. The highest BCUT2D eigenvalue weighted by atomic mass is 19.4. The van der Waals surface area contributed by atoms with Gasteiger partial charge in [-0.25, -0.2) is 9.80 Å². The molecule has 64 heavy (non-hydrogen) atoms. The SMILES string of the molecule is CCCN1N=C(C(=O)OCC)C(=Cc2ccc(N(CCC(F)(F)C(F)(F)C(F)(F)C(F)(F)C(F)(F)C(F)(F)F)CCC(F)(F)C(F)(F)C(F)(F)C(F)(F)C(F)(F)C(F)(F)F)cc2)C1=O. The van der Waals surface area contributed by atoms with E-state index in [2.05, 4.69) is 5.10 Å². The molecule has 0 aliphatic carbocycles. The topological polar surface area (TPSA) is 62.2 Å². The molecule has 1 aliphatic heterocycles. The van der Waals surface area contributed by atoms with Gasteiger partial charge in [0.05, 0.1) is 12.2 Å². The van der Waals surface area contributed by atoms with Crippen LogP contribution in [0.25, 0.3) is 6.08 Å². The first-order chi connectivity index (χ1) is 28.3. The van der Waals surface area contributed by atoms with Crippen molar-refractivity contribution >= 4 is 29.4 Å². The second-order valence-electron chi connectivity index (χ2n) is 13.2. The quantitative estimate of drug-likeness (QED) is 0.0742. The Balaban J connectivity index is 2.72. The molecule has 0 aromatic heterocycles. The van der Waals surface area contributed by atoms with Gasteiger partial charge in [-0.1, -0.05) is 19.1 Å². The Bertz CT molecular complexity index is 1830. The molecule has 0 bridgehead atoms. The standard InChI is InChI=1S/C32H25F26N3O3/c1-3-11-61-19(62)17(18(59-61)20(63)64-4-2)14-15-5-7-16(8-6-15)60(12-9-21(33,34)23(37,38)25(41,42)27(45,46)29(49,50)31(53,54)55)13-10-22(35,36)24(39,40)26(43,44)28(47,48)30(51,52)32(56,57)58/h5-8,14H,3-4,9-13H2,1-2H3. The normalized spacial score (nSPS) is 16.8. The monoisotopic (exact) mass is 993 g/mol. The van der Waals surface area contributed by atoms with Gasteiger partial charge in [-0.15, -0.1) is 0 Å². The number of hydrogen-bond acceptors (Lipinski definition) is 5. The van der Waals surface area contributed by atoms with Crippen LogP contribution in [0.4, 0.5) is 120 Å². The Hall–Kier alpha value is -4.45. The van der Waals surface area contributed by atoms with E-state index in [-0.39, 0.29) is 25.1 Å². The van der Waals surface area contributed by atoms with Crippen molar-refractivity contribution in [2.24, 2.45) is 5.10 Å². The zero-order valence-electron chi connectivity index (χ0n) is 31.2. The summed E-state index contributed by atoms with van der Waals surface area (Å²) in [5.41, 5.74) is -2.85. The van der Waals surface area contributed by atoms with E-state index in [0.717, 1.165) is 11.1 Å². The maximum atomic E-state index is 14.7. The molecule has 2 rings (SSSR count). The van der Waals surface area contributed by atoms with Crippen molar-refractivity contribution in [2.45, 2.75) is 105 Å². The van der Waals surface area contributed by atoms with Crippen molar-refractivity contribution in [3.05, 3.63) is 35.4 Å². The predicted octanol–water partition coefficient (Wildman–Crippen LogP) is 11.3. The summed E-state index contributed by atoms with van der Waals surface area (Å²) in [6, 6.07) is 1.88. The number of ether oxygens (including phenoxy) is 1. The van der Waals surface area contributed by atoms with E-state index in [1.165, 1.54) is 13.8 Å². The molecule has 368 valence electrons. The molecule has 0 saturated carbocycles. The van der Waals surface area contributed by atoms with Gasteiger partial charge in [0, 0.05) is 38.2 Å². The van der Waals surface area contributed by atoms with E-state index in [0.29, 0.717) is 24.3 Å². The van der Waals surface area contributed by atoms with E-state index in [1.807, 2.05) is 0 Å². The van der Waals surface area contributed by atoms with Crippen molar-refractivity contribution in [3.8, 4) is 0 Å². The van der Waals surface area contributed by atoms with Crippen LogP contribution in [0.2, 0.25) is 0 Å². The minimum Gasteiger partial charge on any atom is -0.461 e. The minimum atomic E-state index is -8.44. The predicted molar refractivity (Wildman–Crippen MR) is 164 cm³/mol. The van der Waals surface area contributed by atoms with Gasteiger partial charge in [0.25, 0.3) is 5.91 Å². The van der Waals surface area contributed by atoms with E-state index < -0.39 is 131 Å². The molecule has 0 saturated heterocycles. The summed E-state index contributed by atoms with van der Waals surface area (Å²) in [4.78, 5) is 24.7. The van der Waals surface area contributed by atoms with Gasteiger partial charge in [-0.3, -0.25) is 4.79 Å². The fourth-order valence-corrected chi connectivity index (χ4v) is 5.09. The molecule has 0 radical (unpaired) electrons. The van der Waals surface area contributed by atoms with Gasteiger partial charge in [-0.05, 0) is 37.1 Å². The average molecular weight is 994 g/mol. The highest BCUT2D eigenvalue weighted by molar-refractivity contribution is 6.52. The molecule has 1 heterocycles. The number of esters is 1. The molecule has 0 N–H and O–H groups in total. The van der Waals surface area contributed by atoms with Crippen molar-refractivity contribution in [2.75, 3.05) is 31.1 Å². The minimum absolute atomic E-state index is 0.136. The number of alkyl halides is 26. The fraction of sp³-hybridized carbons (Fsp3) is 0.656. The number of halogens is 26. The largest absolute Gasteiger partial charge is 0.461 e. The second kappa shape index (κ2) is 17.4. The third kappa shape index (κ3) is 9.19. The van der Waals surface area contributed by atoms with Crippen LogP contribution in [0.3, 0.4) is 0 Å². The molecule has 32 heteroatoms. The summed E-state index contributed by atoms with van der Waals surface area (Å²) in [5, 5.41) is 4.47. The Labute approximate surface area is 339 Å². The number of rotatable bonds is 20. The molecule has 0 fully saturated rings. The molecule has 1 aromatic rings. The number of hydrazone groups is 1. The molecule has 6 nitrogen and oxygen atoms in total. The fourth-order valence-electron chi connectivity index (χ4n) is 5.09. The highest BCUT2D eigenvalue weighted by Gasteiger charge is 2.92. The van der Waals surface area contributed by atoms with Crippen LogP contribution in [-0.2, 0) is 14.3 Å². The smallest absolute Gasteiger partial charge is 0.460 e. The molecule has 0 spiro atoms. The first-order valence-corrected chi connectivity index (χ1v) is 16.9. The van der Waals surface area contributed by atoms with Crippen LogP contribution in [0.15, 0.2) is 34.9 Å². The lowest BCUT2D eigenvalue weighted by molar-refractivity contribution is -0.440. The molecule has 1 amide bonds. The Morgan fingerprint density at radius 3 is 1.27 bits per heavy atom. The van der Waals surface area contributed by atoms with E-state index in [4.69, 9.17) is 4.74 Å². The maximum Gasteiger partial charge on any atom is 0.460 e. The molecule has 1 aromatic carbocycles. The molecular weight excluding hydrogens is 968 g/mol. The summed E-state index contributed by atoms with van der Waals surface area (Å²) in [5.74, 6) is -82.5. The van der Waals surface area contributed by atoms with Crippen LogP contribution in [-0.4, -0.2) is 120 Å². The Morgan fingerprint density at radius 2 is 0.938 bits per heavy atom. The van der Waals surface area contributed by atoms with Crippen LogP contribution in [0.5, 0.6) is 0 Å². The number of hydrogen-bond donors (Lipinski definition) is 0. The molecule has 1 aliphatic rings. The maximum absolute atomic E-state index is 14.7. The van der Waals surface area contributed by atoms with Crippen molar-refractivity contribution in [3.63, 3.8) is 0 Å². The summed E-state index contributed by atoms with van der Waals surface area (Å²) in [7, 11) is 0. The van der Waals surface area contributed by atoms with Gasteiger partial charge >= 0.3 is 77.5 Å². The lowest BCUT2D eigenvalue weighted by Crippen LogP contribution is -2.70. The van der Waals surface area contributed by atoms with E-state index in [1.54, 1.807) is 0 Å². The molecular formula is C32H25F26N3O3. The third-order valence-corrected chi connectivity index (χ3v) is 8.80.